The molecule has 3 rings (SSSR count). The molecule has 2 heterocycles. The maximum Gasteiger partial charge on any atom is 0.325 e. The van der Waals surface area contributed by atoms with Gasteiger partial charge in [-0.25, -0.2) is 14.6 Å². The van der Waals surface area contributed by atoms with Crippen molar-refractivity contribution in [3.63, 3.8) is 0 Å². The van der Waals surface area contributed by atoms with E-state index in [-0.39, 0.29) is 11.8 Å². The van der Waals surface area contributed by atoms with Gasteiger partial charge >= 0.3 is 12.1 Å². The molecule has 11 nitrogen and oxygen atoms in total. The standard InChI is InChI=1S/C19H20N6O5/c1-21-19(29)25-7-5-11-8-12(2-3-15(11)25)30-13-4-6-22-16(9-13)24-18(28)23-14(10-26)17(20)27/h2-9,14,26H,10H2,1H3,(H2,20,27)(H,21,29)(H2,22,23,24,28). The smallest absolute Gasteiger partial charge is 0.325 e. The van der Waals surface area contributed by atoms with Crippen molar-refractivity contribution in [1.29, 1.82) is 0 Å². The van der Waals surface area contributed by atoms with Crippen LogP contribution in [0.3, 0.4) is 0 Å². The number of benzene rings is 1. The molecular formula is C19H20N6O5. The Kier molecular flexibility index (Phi) is 6.13. The number of hydrogen-bond donors (Lipinski definition) is 5. The molecule has 1 unspecified atom stereocenters. The summed E-state index contributed by atoms with van der Waals surface area (Å²) in [6.07, 6.45) is 3.09. The fraction of sp³-hybridized carbons (Fsp3) is 0.158. The fourth-order valence-electron chi connectivity index (χ4n) is 2.68. The minimum Gasteiger partial charge on any atom is -0.457 e. The third-order valence-electron chi connectivity index (χ3n) is 4.13. The van der Waals surface area contributed by atoms with Gasteiger partial charge in [-0.1, -0.05) is 0 Å². The van der Waals surface area contributed by atoms with Crippen molar-refractivity contribution in [1.82, 2.24) is 20.2 Å². The van der Waals surface area contributed by atoms with Crippen LogP contribution in [0.2, 0.25) is 0 Å². The Morgan fingerprint density at radius 1 is 1.20 bits per heavy atom. The van der Waals surface area contributed by atoms with Crippen LogP contribution in [0.5, 0.6) is 11.5 Å². The van der Waals surface area contributed by atoms with Gasteiger partial charge in [-0.05, 0) is 30.3 Å². The number of amides is 4. The zero-order chi connectivity index (χ0) is 21.7. The Bertz CT molecular complexity index is 1100. The third kappa shape index (κ3) is 4.64. The number of fused-ring (bicyclic) bond motifs is 1. The van der Waals surface area contributed by atoms with Gasteiger partial charge in [0.2, 0.25) is 5.91 Å². The molecule has 0 radical (unpaired) electrons. The zero-order valence-electron chi connectivity index (χ0n) is 16.0. The first-order valence-electron chi connectivity index (χ1n) is 8.86. The number of pyridine rings is 1. The summed E-state index contributed by atoms with van der Waals surface area (Å²) in [6.45, 7) is -0.622. The van der Waals surface area contributed by atoms with Crippen LogP contribution in [-0.4, -0.2) is 52.3 Å². The second-order valence-corrected chi connectivity index (χ2v) is 6.18. The first-order valence-corrected chi connectivity index (χ1v) is 8.86. The van der Waals surface area contributed by atoms with Gasteiger partial charge in [0, 0.05) is 30.9 Å². The van der Waals surface area contributed by atoms with E-state index < -0.39 is 24.6 Å². The van der Waals surface area contributed by atoms with Crippen LogP contribution in [0.1, 0.15) is 0 Å². The van der Waals surface area contributed by atoms with Crippen LogP contribution >= 0.6 is 0 Å². The number of primary amides is 1. The number of nitrogens with zero attached hydrogens (tertiary/aromatic N) is 2. The highest BCUT2D eigenvalue weighted by molar-refractivity contribution is 5.93. The first-order chi connectivity index (χ1) is 14.4. The molecule has 1 aromatic carbocycles. The van der Waals surface area contributed by atoms with Crippen LogP contribution in [0.15, 0.2) is 48.8 Å². The molecule has 0 aliphatic carbocycles. The van der Waals surface area contributed by atoms with E-state index >= 15 is 0 Å². The quantitative estimate of drug-likeness (QED) is 0.406. The lowest BCUT2D eigenvalue weighted by Gasteiger charge is -2.13. The van der Waals surface area contributed by atoms with Crippen molar-refractivity contribution in [2.75, 3.05) is 19.0 Å². The summed E-state index contributed by atoms with van der Waals surface area (Å²) in [7, 11) is 1.55. The number of aromatic nitrogens is 2. The molecule has 0 spiro atoms. The Balaban J connectivity index is 1.71. The van der Waals surface area contributed by atoms with Gasteiger partial charge < -0.3 is 26.2 Å². The van der Waals surface area contributed by atoms with Crippen molar-refractivity contribution in [2.24, 2.45) is 5.73 Å². The monoisotopic (exact) mass is 412 g/mol. The Labute approximate surface area is 170 Å². The third-order valence-corrected chi connectivity index (χ3v) is 4.13. The van der Waals surface area contributed by atoms with Crippen molar-refractivity contribution < 1.29 is 24.2 Å². The first kappa shape index (κ1) is 20.6. The number of urea groups is 1. The lowest BCUT2D eigenvalue weighted by Crippen LogP contribution is -2.48. The number of anilines is 1. The Hall–Kier alpha value is -4.12. The molecule has 0 fully saturated rings. The summed E-state index contributed by atoms with van der Waals surface area (Å²) in [5.74, 6) is 0.225. The lowest BCUT2D eigenvalue weighted by molar-refractivity contribution is -0.120. The Morgan fingerprint density at radius 2 is 1.97 bits per heavy atom. The van der Waals surface area contributed by atoms with Crippen molar-refractivity contribution in [3.8, 4) is 11.5 Å². The second kappa shape index (κ2) is 8.92. The number of nitrogens with one attached hydrogen (secondary N) is 3. The summed E-state index contributed by atoms with van der Waals surface area (Å²) in [4.78, 5) is 38.9. The summed E-state index contributed by atoms with van der Waals surface area (Å²) in [5.41, 5.74) is 5.79. The van der Waals surface area contributed by atoms with Gasteiger partial charge in [0.15, 0.2) is 0 Å². The largest absolute Gasteiger partial charge is 0.457 e. The molecule has 156 valence electrons. The highest BCUT2D eigenvalue weighted by Crippen LogP contribution is 2.27. The van der Waals surface area contributed by atoms with Crippen molar-refractivity contribution in [2.45, 2.75) is 6.04 Å². The minimum absolute atomic E-state index is 0.165. The number of aliphatic hydroxyl groups is 1. The van der Waals surface area contributed by atoms with Gasteiger partial charge in [0.05, 0.1) is 12.1 Å². The average molecular weight is 412 g/mol. The van der Waals surface area contributed by atoms with Gasteiger partial charge in [-0.2, -0.15) is 0 Å². The number of rotatable bonds is 6. The van der Waals surface area contributed by atoms with E-state index in [1.807, 2.05) is 0 Å². The van der Waals surface area contributed by atoms with Crippen molar-refractivity contribution >= 4 is 34.7 Å². The van der Waals surface area contributed by atoms with Crippen LogP contribution < -0.4 is 26.4 Å². The molecule has 0 aliphatic rings. The predicted octanol–water partition coefficient (Wildman–Crippen LogP) is 0.984. The summed E-state index contributed by atoms with van der Waals surface area (Å²) in [6, 6.07) is 7.90. The van der Waals surface area contributed by atoms with Crippen LogP contribution in [-0.2, 0) is 4.79 Å². The molecule has 11 heteroatoms. The van der Waals surface area contributed by atoms with Gasteiger partial charge in [-0.15, -0.1) is 0 Å². The van der Waals surface area contributed by atoms with E-state index in [1.165, 1.54) is 16.8 Å². The number of carbonyl (C=O) groups is 3. The second-order valence-electron chi connectivity index (χ2n) is 6.18. The summed E-state index contributed by atoms with van der Waals surface area (Å²) in [5, 5.41) is 17.1. The maximum absolute atomic E-state index is 11.9. The number of hydrogen-bond acceptors (Lipinski definition) is 6. The summed E-state index contributed by atoms with van der Waals surface area (Å²) < 4.78 is 7.29. The molecule has 0 saturated carbocycles. The summed E-state index contributed by atoms with van der Waals surface area (Å²) >= 11 is 0. The average Bonchev–Trinajstić information content (AvgIpc) is 3.14. The van der Waals surface area contributed by atoms with Crippen LogP contribution in [0, 0.1) is 0 Å². The highest BCUT2D eigenvalue weighted by atomic mass is 16.5. The molecule has 2 aromatic heterocycles. The topological polar surface area (TPSA) is 161 Å². The molecule has 0 saturated heterocycles. The van der Waals surface area contributed by atoms with E-state index in [4.69, 9.17) is 15.6 Å². The molecular weight excluding hydrogens is 392 g/mol. The SMILES string of the molecule is CNC(=O)n1ccc2cc(Oc3ccnc(NC(=O)NC(CO)C(N)=O)c3)ccc21. The fourth-order valence-corrected chi connectivity index (χ4v) is 2.68. The predicted molar refractivity (Wildman–Crippen MR) is 108 cm³/mol. The van der Waals surface area contributed by atoms with E-state index in [2.05, 4.69) is 20.9 Å². The highest BCUT2D eigenvalue weighted by Gasteiger charge is 2.17. The molecule has 1 atom stereocenters. The van der Waals surface area contributed by atoms with Gasteiger partial charge in [-0.3, -0.25) is 14.7 Å². The van der Waals surface area contributed by atoms with Crippen LogP contribution in [0.25, 0.3) is 10.9 Å². The van der Waals surface area contributed by atoms with E-state index in [0.717, 1.165) is 10.9 Å². The van der Waals surface area contributed by atoms with Gasteiger partial charge in [0.1, 0.15) is 23.4 Å². The molecule has 30 heavy (non-hydrogen) atoms. The zero-order valence-corrected chi connectivity index (χ0v) is 16.0. The number of aliphatic hydroxyl groups excluding tert-OH is 1. The Morgan fingerprint density at radius 3 is 2.67 bits per heavy atom. The molecule has 6 N–H and O–H groups in total. The minimum atomic E-state index is -1.21. The molecule has 0 aliphatic heterocycles. The molecule has 0 bridgehead atoms. The lowest BCUT2D eigenvalue weighted by atomic mass is 10.2. The number of ether oxygens (including phenoxy) is 1. The number of nitrogens with two attached hydrogens (primary N) is 1. The van der Waals surface area contributed by atoms with Crippen molar-refractivity contribution in [3.05, 3.63) is 48.8 Å². The van der Waals surface area contributed by atoms with Gasteiger partial charge in [0.25, 0.3) is 0 Å². The van der Waals surface area contributed by atoms with Crippen LogP contribution in [0.4, 0.5) is 15.4 Å². The normalized spacial score (nSPS) is 11.5. The van der Waals surface area contributed by atoms with E-state index in [0.29, 0.717) is 11.5 Å². The molecule has 3 aromatic rings. The number of carbonyl (C=O) groups excluding carboxylic acids is 3. The van der Waals surface area contributed by atoms with E-state index in [9.17, 15) is 14.4 Å². The molecule has 4 amide bonds. The maximum atomic E-state index is 11.9. The van der Waals surface area contributed by atoms with E-state index in [1.54, 1.807) is 43.6 Å².